The summed E-state index contributed by atoms with van der Waals surface area (Å²) in [6, 6.07) is 5.01. The number of benzene rings is 1. The number of para-hydroxylation sites is 1. The van der Waals surface area contributed by atoms with Crippen LogP contribution in [0.2, 0.25) is 0 Å². The van der Waals surface area contributed by atoms with Crippen LogP contribution >= 0.6 is 0 Å². The summed E-state index contributed by atoms with van der Waals surface area (Å²) in [6.07, 6.45) is 1.15. The van der Waals surface area contributed by atoms with Crippen LogP contribution in [0.4, 0.5) is 10.1 Å². The highest BCUT2D eigenvalue weighted by atomic mass is 19.1. The van der Waals surface area contributed by atoms with Gasteiger partial charge in [-0.05, 0) is 25.0 Å². The molecule has 2 rings (SSSR count). The van der Waals surface area contributed by atoms with Crippen molar-refractivity contribution < 1.29 is 4.39 Å². The minimum atomic E-state index is -0.153. The number of halogens is 1. The van der Waals surface area contributed by atoms with E-state index < -0.39 is 0 Å². The molecule has 1 aromatic carbocycles. The largest absolute Gasteiger partial charge is 0.369 e. The van der Waals surface area contributed by atoms with Crippen molar-refractivity contribution in [2.24, 2.45) is 5.73 Å². The summed E-state index contributed by atoms with van der Waals surface area (Å²) < 4.78 is 13.6. The maximum atomic E-state index is 13.6. The third-order valence-corrected chi connectivity index (χ3v) is 2.68. The molecule has 1 aromatic rings. The molecule has 0 saturated carbocycles. The van der Waals surface area contributed by atoms with Gasteiger partial charge in [-0.3, -0.25) is 0 Å². The normalized spacial score (nSPS) is 17.8. The second-order valence-corrected chi connectivity index (χ2v) is 3.81. The summed E-state index contributed by atoms with van der Waals surface area (Å²) in [6.45, 7) is 3.78. The minimum Gasteiger partial charge on any atom is -0.369 e. The Bertz CT molecular complexity index is 332. The molecule has 0 bridgehead atoms. The molecule has 1 saturated heterocycles. The van der Waals surface area contributed by atoms with Crippen LogP contribution in [0.25, 0.3) is 0 Å². The highest BCUT2D eigenvalue weighted by Crippen LogP contribution is 2.31. The lowest BCUT2D eigenvalue weighted by Gasteiger charge is -2.35. The van der Waals surface area contributed by atoms with E-state index in [-0.39, 0.29) is 11.9 Å². The summed E-state index contributed by atoms with van der Waals surface area (Å²) in [5.74, 6) is -0.153. The number of anilines is 1. The first-order chi connectivity index (χ1) is 6.70. The molecule has 1 fully saturated rings. The highest BCUT2D eigenvalue weighted by Gasteiger charge is 2.22. The number of hydrogen-bond acceptors (Lipinski definition) is 2. The fourth-order valence-corrected chi connectivity index (χ4v) is 1.77. The van der Waals surface area contributed by atoms with Gasteiger partial charge in [0.15, 0.2) is 0 Å². The van der Waals surface area contributed by atoms with Gasteiger partial charge in [0.05, 0.1) is 5.69 Å². The van der Waals surface area contributed by atoms with Gasteiger partial charge in [-0.2, -0.15) is 0 Å². The molecule has 1 atom stereocenters. The summed E-state index contributed by atoms with van der Waals surface area (Å²) in [5.41, 5.74) is 7.42. The zero-order valence-corrected chi connectivity index (χ0v) is 8.33. The van der Waals surface area contributed by atoms with Crippen molar-refractivity contribution in [1.82, 2.24) is 0 Å². The average Bonchev–Trinajstić information content (AvgIpc) is 2.04. The first-order valence-electron chi connectivity index (χ1n) is 4.99. The van der Waals surface area contributed by atoms with Crippen molar-refractivity contribution in [2.75, 3.05) is 18.0 Å². The van der Waals surface area contributed by atoms with Gasteiger partial charge < -0.3 is 10.6 Å². The van der Waals surface area contributed by atoms with Crippen LogP contribution in [-0.2, 0) is 0 Å². The van der Waals surface area contributed by atoms with Crippen LogP contribution in [0, 0.1) is 5.82 Å². The monoisotopic (exact) mass is 194 g/mol. The van der Waals surface area contributed by atoms with Gasteiger partial charge in [-0.15, -0.1) is 0 Å². The molecule has 1 heterocycles. The van der Waals surface area contributed by atoms with Crippen LogP contribution < -0.4 is 10.6 Å². The van der Waals surface area contributed by atoms with E-state index in [1.165, 1.54) is 6.07 Å². The molecule has 0 unspecified atom stereocenters. The molecular formula is C11H15FN2. The van der Waals surface area contributed by atoms with E-state index in [1.54, 1.807) is 6.07 Å². The third-order valence-electron chi connectivity index (χ3n) is 2.68. The lowest BCUT2D eigenvalue weighted by atomic mass is 10.0. The molecule has 76 valence electrons. The van der Waals surface area contributed by atoms with Crippen LogP contribution in [0.5, 0.6) is 0 Å². The van der Waals surface area contributed by atoms with E-state index in [0.29, 0.717) is 5.69 Å². The molecule has 0 aliphatic carbocycles. The van der Waals surface area contributed by atoms with Gasteiger partial charge in [-0.25, -0.2) is 4.39 Å². The Hall–Kier alpha value is -1.09. The highest BCUT2D eigenvalue weighted by molar-refractivity contribution is 5.57. The van der Waals surface area contributed by atoms with E-state index in [9.17, 15) is 4.39 Å². The topological polar surface area (TPSA) is 29.3 Å². The van der Waals surface area contributed by atoms with Crippen LogP contribution in [0.15, 0.2) is 18.2 Å². The second-order valence-electron chi connectivity index (χ2n) is 3.81. The van der Waals surface area contributed by atoms with Crippen molar-refractivity contribution in [1.29, 1.82) is 0 Å². The lowest BCUT2D eigenvalue weighted by molar-refractivity contribution is 0.566. The van der Waals surface area contributed by atoms with Crippen LogP contribution in [0.1, 0.15) is 24.9 Å². The van der Waals surface area contributed by atoms with E-state index in [0.717, 1.165) is 25.1 Å². The average molecular weight is 194 g/mol. The molecule has 0 amide bonds. The van der Waals surface area contributed by atoms with Gasteiger partial charge in [0.1, 0.15) is 5.82 Å². The molecular weight excluding hydrogens is 179 g/mol. The molecule has 0 aromatic heterocycles. The lowest BCUT2D eigenvalue weighted by Crippen LogP contribution is -2.38. The molecule has 2 N–H and O–H groups in total. The first-order valence-corrected chi connectivity index (χ1v) is 4.99. The van der Waals surface area contributed by atoms with Crippen molar-refractivity contribution >= 4 is 5.69 Å². The summed E-state index contributed by atoms with van der Waals surface area (Å²) in [5, 5.41) is 0. The Labute approximate surface area is 83.5 Å². The number of nitrogens with zero attached hydrogens (tertiary/aromatic N) is 1. The quantitative estimate of drug-likeness (QED) is 0.780. The standard InChI is InChI=1S/C11H15FN2/c1-8(13)9-4-2-5-10(12)11(9)14-6-3-7-14/h2,4-5,8H,3,6-7,13H2,1H3/t8-/m0/s1. The fourth-order valence-electron chi connectivity index (χ4n) is 1.77. The van der Waals surface area contributed by atoms with Crippen molar-refractivity contribution in [3.05, 3.63) is 29.6 Å². The van der Waals surface area contributed by atoms with Crippen molar-refractivity contribution in [2.45, 2.75) is 19.4 Å². The Morgan fingerprint density at radius 1 is 1.43 bits per heavy atom. The zero-order chi connectivity index (χ0) is 10.1. The van der Waals surface area contributed by atoms with Gasteiger partial charge in [0.2, 0.25) is 0 Å². The summed E-state index contributed by atoms with van der Waals surface area (Å²) in [7, 11) is 0. The minimum absolute atomic E-state index is 0.110. The molecule has 3 heteroatoms. The molecule has 1 aliphatic heterocycles. The number of nitrogens with two attached hydrogens (primary N) is 1. The number of rotatable bonds is 2. The maximum absolute atomic E-state index is 13.6. The van der Waals surface area contributed by atoms with Crippen molar-refractivity contribution in [3.8, 4) is 0 Å². The Morgan fingerprint density at radius 2 is 2.14 bits per heavy atom. The Balaban J connectivity index is 2.42. The third kappa shape index (κ3) is 1.48. The molecule has 0 radical (unpaired) electrons. The molecule has 1 aliphatic rings. The van der Waals surface area contributed by atoms with E-state index >= 15 is 0 Å². The molecule has 0 spiro atoms. The maximum Gasteiger partial charge on any atom is 0.146 e. The van der Waals surface area contributed by atoms with Crippen LogP contribution in [0.3, 0.4) is 0 Å². The van der Waals surface area contributed by atoms with Crippen molar-refractivity contribution in [3.63, 3.8) is 0 Å². The molecule has 14 heavy (non-hydrogen) atoms. The van der Waals surface area contributed by atoms with E-state index in [2.05, 4.69) is 0 Å². The van der Waals surface area contributed by atoms with Gasteiger partial charge in [-0.1, -0.05) is 12.1 Å². The Morgan fingerprint density at radius 3 is 2.64 bits per heavy atom. The first kappa shape index (κ1) is 9.46. The SMILES string of the molecule is C[C@H](N)c1cccc(F)c1N1CCC1. The van der Waals surface area contributed by atoms with Crippen LogP contribution in [-0.4, -0.2) is 13.1 Å². The summed E-state index contributed by atoms with van der Waals surface area (Å²) >= 11 is 0. The fraction of sp³-hybridized carbons (Fsp3) is 0.455. The predicted octanol–water partition coefficient (Wildman–Crippen LogP) is 2.06. The van der Waals surface area contributed by atoms with E-state index in [4.69, 9.17) is 5.73 Å². The van der Waals surface area contributed by atoms with Gasteiger partial charge in [0, 0.05) is 19.1 Å². The Kier molecular flexibility index (Phi) is 2.42. The summed E-state index contributed by atoms with van der Waals surface area (Å²) in [4.78, 5) is 2.05. The van der Waals surface area contributed by atoms with Gasteiger partial charge >= 0.3 is 0 Å². The second kappa shape index (κ2) is 3.58. The van der Waals surface area contributed by atoms with E-state index in [1.807, 2.05) is 17.9 Å². The zero-order valence-electron chi connectivity index (χ0n) is 8.33. The van der Waals surface area contributed by atoms with Gasteiger partial charge in [0.25, 0.3) is 0 Å². The number of hydrogen-bond donors (Lipinski definition) is 1. The molecule has 2 nitrogen and oxygen atoms in total. The predicted molar refractivity (Wildman–Crippen MR) is 55.8 cm³/mol. The smallest absolute Gasteiger partial charge is 0.146 e.